The summed E-state index contributed by atoms with van der Waals surface area (Å²) < 4.78 is 10.5. The first-order chi connectivity index (χ1) is 18.5. The molecular formula is C29H41N3O6S. The molecule has 0 saturated heterocycles. The summed E-state index contributed by atoms with van der Waals surface area (Å²) in [6.07, 6.45) is 2.67. The summed E-state index contributed by atoms with van der Waals surface area (Å²) in [5.41, 5.74) is 0.00448. The van der Waals surface area contributed by atoms with Gasteiger partial charge in [-0.05, 0) is 57.5 Å². The zero-order chi connectivity index (χ0) is 29.0. The van der Waals surface area contributed by atoms with E-state index in [1.165, 1.54) is 11.0 Å². The van der Waals surface area contributed by atoms with Crippen molar-refractivity contribution in [3.05, 3.63) is 54.1 Å². The van der Waals surface area contributed by atoms with Gasteiger partial charge in [-0.15, -0.1) is 0 Å². The molecule has 214 valence electrons. The van der Waals surface area contributed by atoms with Crippen LogP contribution in [0.3, 0.4) is 0 Å². The number of alkyl carbamates (subject to hydrolysis) is 1. The number of para-hydroxylation sites is 1. The highest BCUT2D eigenvalue weighted by atomic mass is 32.1. The SMILES string of the molecule is CCCCCCN(C(=O)C(CS)NC(=O)OC(C)(C)C)C(C(=O)Nc1ccc(OC)cc1)c1ccccc1O. The Bertz CT molecular complexity index is 1090. The fourth-order valence-electron chi connectivity index (χ4n) is 3.97. The largest absolute Gasteiger partial charge is 0.508 e. The average Bonchev–Trinajstić information content (AvgIpc) is 2.88. The van der Waals surface area contributed by atoms with Gasteiger partial charge < -0.3 is 30.1 Å². The number of anilines is 1. The molecular weight excluding hydrogens is 518 g/mol. The van der Waals surface area contributed by atoms with Gasteiger partial charge in [-0.2, -0.15) is 12.6 Å². The minimum absolute atomic E-state index is 0.0167. The molecule has 0 heterocycles. The average molecular weight is 560 g/mol. The molecule has 0 aliphatic heterocycles. The Hall–Kier alpha value is -3.40. The highest BCUT2D eigenvalue weighted by Gasteiger charge is 2.37. The van der Waals surface area contributed by atoms with Crippen molar-refractivity contribution >= 4 is 36.2 Å². The van der Waals surface area contributed by atoms with Crippen LogP contribution in [0, 0.1) is 0 Å². The fraction of sp³-hybridized carbons (Fsp3) is 0.483. The number of ether oxygens (including phenoxy) is 2. The van der Waals surface area contributed by atoms with Crippen LogP contribution in [0.2, 0.25) is 0 Å². The molecule has 2 unspecified atom stereocenters. The molecule has 0 aliphatic rings. The number of phenolic OH excluding ortho intramolecular Hbond substituents is 1. The first-order valence-electron chi connectivity index (χ1n) is 13.1. The third kappa shape index (κ3) is 10.0. The van der Waals surface area contributed by atoms with Crippen LogP contribution in [0.5, 0.6) is 11.5 Å². The predicted molar refractivity (Wildman–Crippen MR) is 155 cm³/mol. The van der Waals surface area contributed by atoms with Crippen molar-refractivity contribution < 1.29 is 29.0 Å². The molecule has 2 aromatic carbocycles. The van der Waals surface area contributed by atoms with Crippen LogP contribution in [0.15, 0.2) is 48.5 Å². The first-order valence-corrected chi connectivity index (χ1v) is 13.8. The van der Waals surface area contributed by atoms with E-state index in [1.54, 1.807) is 70.3 Å². The lowest BCUT2D eigenvalue weighted by Crippen LogP contribution is -2.53. The van der Waals surface area contributed by atoms with Crippen LogP contribution in [0.1, 0.15) is 65.0 Å². The molecule has 0 radical (unpaired) electrons. The molecule has 0 saturated carbocycles. The number of nitrogens with one attached hydrogen (secondary N) is 2. The molecule has 0 fully saturated rings. The zero-order valence-electron chi connectivity index (χ0n) is 23.4. The number of phenols is 1. The van der Waals surface area contributed by atoms with Gasteiger partial charge in [-0.25, -0.2) is 4.79 Å². The molecule has 2 rings (SSSR count). The van der Waals surface area contributed by atoms with Crippen LogP contribution < -0.4 is 15.4 Å². The predicted octanol–water partition coefficient (Wildman–Crippen LogP) is 5.31. The number of hydrogen-bond donors (Lipinski definition) is 4. The maximum absolute atomic E-state index is 13.9. The second-order valence-corrected chi connectivity index (χ2v) is 10.5. The third-order valence-corrected chi connectivity index (χ3v) is 6.22. The van der Waals surface area contributed by atoms with Crippen LogP contribution >= 0.6 is 12.6 Å². The molecule has 0 aromatic heterocycles. The van der Waals surface area contributed by atoms with Gasteiger partial charge in [0.05, 0.1) is 7.11 Å². The zero-order valence-corrected chi connectivity index (χ0v) is 24.3. The Morgan fingerprint density at radius 2 is 1.69 bits per heavy atom. The first kappa shape index (κ1) is 31.8. The summed E-state index contributed by atoms with van der Waals surface area (Å²) in [5, 5.41) is 16.2. The van der Waals surface area contributed by atoms with Crippen molar-refractivity contribution in [2.45, 2.75) is 71.1 Å². The number of carbonyl (C=O) groups is 3. The van der Waals surface area contributed by atoms with Crippen molar-refractivity contribution in [3.8, 4) is 11.5 Å². The summed E-state index contributed by atoms with van der Waals surface area (Å²) >= 11 is 4.31. The number of carbonyl (C=O) groups excluding carboxylic acids is 3. The molecule has 0 aliphatic carbocycles. The van der Waals surface area contributed by atoms with Gasteiger partial charge in [0.15, 0.2) is 0 Å². The number of benzene rings is 2. The number of rotatable bonds is 13. The van der Waals surface area contributed by atoms with Crippen LogP contribution in [0.4, 0.5) is 10.5 Å². The lowest BCUT2D eigenvalue weighted by Gasteiger charge is -2.34. The van der Waals surface area contributed by atoms with Crippen molar-refractivity contribution in [2.75, 3.05) is 24.7 Å². The van der Waals surface area contributed by atoms with E-state index in [-0.39, 0.29) is 23.6 Å². The summed E-state index contributed by atoms with van der Waals surface area (Å²) in [6.45, 7) is 7.48. The van der Waals surface area contributed by atoms with Gasteiger partial charge in [-0.1, -0.05) is 44.4 Å². The summed E-state index contributed by atoms with van der Waals surface area (Å²) in [5.74, 6) is -0.535. The topological polar surface area (TPSA) is 117 Å². The second-order valence-electron chi connectivity index (χ2n) is 10.2. The summed E-state index contributed by atoms with van der Waals surface area (Å²) in [6, 6.07) is 11.0. The van der Waals surface area contributed by atoms with Gasteiger partial charge in [0.2, 0.25) is 5.91 Å². The molecule has 3 amide bonds. The summed E-state index contributed by atoms with van der Waals surface area (Å²) in [7, 11) is 1.55. The second kappa shape index (κ2) is 15.3. The van der Waals surface area contributed by atoms with Gasteiger partial charge in [0.25, 0.3) is 5.91 Å². The van der Waals surface area contributed by atoms with E-state index in [9.17, 15) is 19.5 Å². The molecule has 2 aromatic rings. The van der Waals surface area contributed by atoms with Gasteiger partial charge >= 0.3 is 6.09 Å². The minimum atomic E-state index is -1.18. The quantitative estimate of drug-likeness (QED) is 0.195. The standard InChI is InChI=1S/C29H41N3O6S/c1-6-7-8-11-18-32(27(35)23(19-39)31-28(36)38-29(2,3)4)25(22-12-9-10-13-24(22)33)26(34)30-20-14-16-21(37-5)17-15-20/h9-10,12-17,23,25,33,39H,6-8,11,18-19H2,1-5H3,(H,30,34)(H,31,36). The van der Waals surface area contributed by atoms with E-state index in [2.05, 4.69) is 30.2 Å². The molecule has 39 heavy (non-hydrogen) atoms. The maximum atomic E-state index is 13.9. The summed E-state index contributed by atoms with van der Waals surface area (Å²) in [4.78, 5) is 41.6. The Kier molecular flexibility index (Phi) is 12.4. The van der Waals surface area contributed by atoms with Gasteiger partial charge in [-0.3, -0.25) is 9.59 Å². The smallest absolute Gasteiger partial charge is 0.408 e. The number of methoxy groups -OCH3 is 1. The number of hydrogen-bond acceptors (Lipinski definition) is 7. The third-order valence-electron chi connectivity index (χ3n) is 5.86. The number of aromatic hydroxyl groups is 1. The Balaban J connectivity index is 2.47. The Morgan fingerprint density at radius 1 is 1.03 bits per heavy atom. The van der Waals surface area contributed by atoms with Crippen molar-refractivity contribution in [1.82, 2.24) is 10.2 Å². The molecule has 9 nitrogen and oxygen atoms in total. The number of unbranched alkanes of at least 4 members (excludes halogenated alkanes) is 3. The van der Waals surface area contributed by atoms with Crippen LogP contribution in [-0.4, -0.2) is 59.0 Å². The minimum Gasteiger partial charge on any atom is -0.508 e. The normalized spacial score (nSPS) is 12.7. The van der Waals surface area contributed by atoms with Crippen LogP contribution in [-0.2, 0) is 14.3 Å². The van der Waals surface area contributed by atoms with E-state index < -0.39 is 35.6 Å². The van der Waals surface area contributed by atoms with Crippen molar-refractivity contribution in [1.29, 1.82) is 0 Å². The van der Waals surface area contributed by atoms with E-state index in [4.69, 9.17) is 9.47 Å². The molecule has 3 N–H and O–H groups in total. The van der Waals surface area contributed by atoms with Crippen molar-refractivity contribution in [3.63, 3.8) is 0 Å². The van der Waals surface area contributed by atoms with Crippen molar-refractivity contribution in [2.24, 2.45) is 0 Å². The molecule has 0 spiro atoms. The van der Waals surface area contributed by atoms with Gasteiger partial charge in [0, 0.05) is 23.5 Å². The van der Waals surface area contributed by atoms with E-state index in [0.717, 1.165) is 19.3 Å². The van der Waals surface area contributed by atoms with E-state index in [0.29, 0.717) is 17.9 Å². The monoisotopic (exact) mass is 559 g/mol. The molecule has 2 atom stereocenters. The maximum Gasteiger partial charge on any atom is 0.408 e. The lowest BCUT2D eigenvalue weighted by atomic mass is 10.0. The Morgan fingerprint density at radius 3 is 2.26 bits per heavy atom. The fourth-order valence-corrected chi connectivity index (χ4v) is 4.21. The Labute approximate surface area is 236 Å². The van der Waals surface area contributed by atoms with Crippen LogP contribution in [0.25, 0.3) is 0 Å². The lowest BCUT2D eigenvalue weighted by molar-refractivity contribution is -0.140. The highest BCUT2D eigenvalue weighted by molar-refractivity contribution is 7.80. The highest BCUT2D eigenvalue weighted by Crippen LogP contribution is 2.31. The molecule has 10 heteroatoms. The number of nitrogens with zero attached hydrogens (tertiary/aromatic N) is 1. The molecule has 0 bridgehead atoms. The number of amides is 3. The van der Waals surface area contributed by atoms with E-state index in [1.807, 2.05) is 0 Å². The number of thiol groups is 1. The van der Waals surface area contributed by atoms with E-state index >= 15 is 0 Å². The van der Waals surface area contributed by atoms with Gasteiger partial charge in [0.1, 0.15) is 29.2 Å².